The number of amides is 1. The summed E-state index contributed by atoms with van der Waals surface area (Å²) in [6, 6.07) is 11.7. The first kappa shape index (κ1) is 24.9. The molecule has 1 N–H and O–H groups in total. The predicted octanol–water partition coefficient (Wildman–Crippen LogP) is 3.83. The van der Waals surface area contributed by atoms with Gasteiger partial charge in [-0.15, -0.1) is 6.42 Å². The maximum absolute atomic E-state index is 12.8. The van der Waals surface area contributed by atoms with Crippen LogP contribution in [0.2, 0.25) is 0 Å². The lowest BCUT2D eigenvalue weighted by atomic mass is 10.1. The molecule has 1 atom stereocenters. The van der Waals surface area contributed by atoms with Gasteiger partial charge in [-0.05, 0) is 61.8 Å². The second-order valence-corrected chi connectivity index (χ2v) is 10.2. The molecule has 198 valence electrons. The topological polar surface area (TPSA) is 88.4 Å². The molecule has 0 spiro atoms. The quantitative estimate of drug-likeness (QED) is 0.370. The molecule has 6 rings (SSSR count). The number of hydrogen-bond donors (Lipinski definition) is 1. The van der Waals surface area contributed by atoms with Gasteiger partial charge in [0, 0.05) is 60.7 Å². The van der Waals surface area contributed by atoms with Gasteiger partial charge in [-0.3, -0.25) is 14.4 Å². The molecule has 9 heteroatoms. The third-order valence-corrected chi connectivity index (χ3v) is 7.31. The van der Waals surface area contributed by atoms with Gasteiger partial charge in [-0.1, -0.05) is 5.92 Å². The summed E-state index contributed by atoms with van der Waals surface area (Å²) in [5.41, 5.74) is 4.33. The number of aromatic nitrogens is 4. The van der Waals surface area contributed by atoms with E-state index >= 15 is 0 Å². The van der Waals surface area contributed by atoms with Crippen molar-refractivity contribution in [2.24, 2.45) is 7.05 Å². The van der Waals surface area contributed by atoms with Crippen LogP contribution in [-0.2, 0) is 11.8 Å². The van der Waals surface area contributed by atoms with Crippen molar-refractivity contribution >= 4 is 28.4 Å². The molecule has 2 aromatic heterocycles. The van der Waals surface area contributed by atoms with E-state index in [1.165, 1.54) is 12.8 Å². The van der Waals surface area contributed by atoms with E-state index in [4.69, 9.17) is 11.2 Å². The lowest BCUT2D eigenvalue weighted by Crippen LogP contribution is -2.38. The van der Waals surface area contributed by atoms with Gasteiger partial charge in [0.2, 0.25) is 11.9 Å². The van der Waals surface area contributed by atoms with Crippen LogP contribution in [0.25, 0.3) is 22.0 Å². The Morgan fingerprint density at radius 3 is 2.79 bits per heavy atom. The Bertz CT molecular complexity index is 1550. The molecule has 0 radical (unpaired) electrons. The molecule has 0 saturated carbocycles. The highest BCUT2D eigenvalue weighted by Gasteiger charge is 2.29. The number of nitrogens with one attached hydrogen (secondary N) is 1. The van der Waals surface area contributed by atoms with Gasteiger partial charge in [0.05, 0.1) is 24.8 Å². The van der Waals surface area contributed by atoms with Crippen molar-refractivity contribution in [2.45, 2.75) is 25.4 Å². The monoisotopic (exact) mass is 521 g/mol. The zero-order chi connectivity index (χ0) is 26.8. The van der Waals surface area contributed by atoms with Crippen molar-refractivity contribution in [3.8, 4) is 29.2 Å². The van der Waals surface area contributed by atoms with Gasteiger partial charge < -0.3 is 15.0 Å². The van der Waals surface area contributed by atoms with E-state index in [2.05, 4.69) is 31.2 Å². The molecular weight excluding hydrogens is 490 g/mol. The molecule has 2 fully saturated rings. The fraction of sp³-hybridized carbons (Fsp3) is 0.333. The summed E-state index contributed by atoms with van der Waals surface area (Å²) in [5, 5.41) is 8.55. The number of benzene rings is 2. The summed E-state index contributed by atoms with van der Waals surface area (Å²) in [7, 11) is 1.89. The third kappa shape index (κ3) is 5.71. The van der Waals surface area contributed by atoms with Crippen LogP contribution in [0.1, 0.15) is 24.8 Å². The number of nitrogens with zero attached hydrogens (tertiary/aromatic N) is 6. The molecule has 4 aromatic rings. The van der Waals surface area contributed by atoms with Gasteiger partial charge in [0.25, 0.3) is 0 Å². The summed E-state index contributed by atoms with van der Waals surface area (Å²) in [4.78, 5) is 26.1. The smallest absolute Gasteiger partial charge is 0.236 e. The Morgan fingerprint density at radius 1 is 1.13 bits per heavy atom. The number of aryl methyl sites for hydroxylation is 1. The lowest BCUT2D eigenvalue weighted by molar-refractivity contribution is -0.131. The molecule has 39 heavy (non-hydrogen) atoms. The summed E-state index contributed by atoms with van der Waals surface area (Å²) in [6.07, 6.45) is 14.2. The first-order chi connectivity index (χ1) is 19.0. The average molecular weight is 522 g/mol. The van der Waals surface area contributed by atoms with Crippen molar-refractivity contribution in [3.05, 3.63) is 60.6 Å². The van der Waals surface area contributed by atoms with Crippen molar-refractivity contribution < 1.29 is 9.53 Å². The summed E-state index contributed by atoms with van der Waals surface area (Å²) in [5.74, 6) is 4.03. The zero-order valence-electron chi connectivity index (χ0n) is 22.0. The van der Waals surface area contributed by atoms with Gasteiger partial charge in [0.1, 0.15) is 11.9 Å². The molecular formula is C30H31N7O2. The molecule has 4 heterocycles. The molecule has 2 aliphatic rings. The number of carbonyl (C=O) groups is 1. The highest BCUT2D eigenvalue weighted by Crippen LogP contribution is 2.31. The van der Waals surface area contributed by atoms with Crippen LogP contribution >= 0.6 is 0 Å². The fourth-order valence-corrected chi connectivity index (χ4v) is 5.26. The molecule has 1 amide bonds. The number of rotatable bonds is 7. The normalized spacial score (nSPS) is 17.4. The molecule has 2 aliphatic heterocycles. The molecule has 2 saturated heterocycles. The number of hydrogen-bond acceptors (Lipinski definition) is 7. The van der Waals surface area contributed by atoms with Crippen molar-refractivity contribution in [2.75, 3.05) is 38.0 Å². The Balaban J connectivity index is 1.21. The second kappa shape index (κ2) is 10.8. The van der Waals surface area contributed by atoms with E-state index in [9.17, 15) is 4.79 Å². The van der Waals surface area contributed by atoms with Gasteiger partial charge in [-0.2, -0.15) is 5.10 Å². The van der Waals surface area contributed by atoms with Crippen LogP contribution in [0, 0.1) is 12.3 Å². The van der Waals surface area contributed by atoms with Crippen LogP contribution < -0.4 is 10.1 Å². The summed E-state index contributed by atoms with van der Waals surface area (Å²) in [6.45, 7) is 3.86. The first-order valence-electron chi connectivity index (χ1n) is 13.3. The number of ether oxygens (including phenoxy) is 1. The molecule has 9 nitrogen and oxygen atoms in total. The maximum Gasteiger partial charge on any atom is 0.236 e. The minimum Gasteiger partial charge on any atom is -0.488 e. The minimum atomic E-state index is -0.0632. The summed E-state index contributed by atoms with van der Waals surface area (Å²) >= 11 is 0. The second-order valence-electron chi connectivity index (χ2n) is 10.2. The van der Waals surface area contributed by atoms with Crippen molar-refractivity contribution in [1.29, 1.82) is 0 Å². The highest BCUT2D eigenvalue weighted by molar-refractivity contribution is 5.81. The van der Waals surface area contributed by atoms with Crippen LogP contribution in [0.15, 0.2) is 55.0 Å². The molecule has 2 aromatic carbocycles. The van der Waals surface area contributed by atoms with Gasteiger partial charge in [0.15, 0.2) is 0 Å². The SMILES string of the molecule is C#Cc1ccc2nc(Nc3cc(O[C@H]4CCN(C(=O)CN5CCCC5)C4)cc(-c4cnn(C)c4)c3)ncc2c1. The third-order valence-electron chi connectivity index (χ3n) is 7.31. The average Bonchev–Trinajstić information content (AvgIpc) is 3.71. The fourth-order valence-electron chi connectivity index (χ4n) is 5.26. The van der Waals surface area contributed by atoms with E-state index in [0.29, 0.717) is 19.0 Å². The van der Waals surface area contributed by atoms with E-state index in [1.54, 1.807) is 10.9 Å². The van der Waals surface area contributed by atoms with E-state index in [0.717, 1.165) is 65.1 Å². The summed E-state index contributed by atoms with van der Waals surface area (Å²) < 4.78 is 8.21. The lowest BCUT2D eigenvalue weighted by Gasteiger charge is -2.21. The standard InChI is InChI=1S/C30H31N7O2/c1-3-21-6-7-28-23(12-21)16-31-30(34-28)33-25-13-22(24-17-32-35(2)18-24)14-27(15-25)39-26-8-11-37(19-26)29(38)20-36-9-4-5-10-36/h1,6-7,12-18,26H,4-5,8-11,19-20H2,2H3,(H,31,33,34)/t26-/m0/s1. The Hall–Kier alpha value is -4.42. The van der Waals surface area contributed by atoms with Gasteiger partial charge in [-0.25, -0.2) is 9.97 Å². The number of terminal acetylenes is 1. The maximum atomic E-state index is 12.8. The van der Waals surface area contributed by atoms with Crippen molar-refractivity contribution in [1.82, 2.24) is 29.5 Å². The van der Waals surface area contributed by atoms with Crippen LogP contribution in [0.5, 0.6) is 5.75 Å². The Morgan fingerprint density at radius 2 is 2.00 bits per heavy atom. The number of fused-ring (bicyclic) bond motifs is 1. The minimum absolute atomic E-state index is 0.0632. The number of carbonyl (C=O) groups excluding carboxylic acids is 1. The first-order valence-corrected chi connectivity index (χ1v) is 13.3. The largest absolute Gasteiger partial charge is 0.488 e. The zero-order valence-corrected chi connectivity index (χ0v) is 22.0. The van der Waals surface area contributed by atoms with Crippen LogP contribution in [-0.4, -0.2) is 74.3 Å². The van der Waals surface area contributed by atoms with E-state index in [-0.39, 0.29) is 12.0 Å². The molecule has 0 unspecified atom stereocenters. The van der Waals surface area contributed by atoms with Crippen LogP contribution in [0.4, 0.5) is 11.6 Å². The Kier molecular flexibility index (Phi) is 6.86. The van der Waals surface area contributed by atoms with E-state index in [1.807, 2.05) is 60.7 Å². The van der Waals surface area contributed by atoms with Crippen molar-refractivity contribution in [3.63, 3.8) is 0 Å². The predicted molar refractivity (Wildman–Crippen MR) is 151 cm³/mol. The molecule has 0 bridgehead atoms. The number of anilines is 2. The van der Waals surface area contributed by atoms with Crippen LogP contribution in [0.3, 0.4) is 0 Å². The van der Waals surface area contributed by atoms with E-state index < -0.39 is 0 Å². The molecule has 0 aliphatic carbocycles. The van der Waals surface area contributed by atoms with Gasteiger partial charge >= 0.3 is 0 Å². The number of likely N-dealkylation sites (tertiary alicyclic amines) is 2. The Labute approximate surface area is 227 Å². The highest BCUT2D eigenvalue weighted by atomic mass is 16.5.